The van der Waals surface area contributed by atoms with Crippen LogP contribution >= 0.6 is 0 Å². The summed E-state index contributed by atoms with van der Waals surface area (Å²) in [7, 11) is 0. The van der Waals surface area contributed by atoms with Gasteiger partial charge < -0.3 is 20.1 Å². The molecule has 2 aromatic carbocycles. The van der Waals surface area contributed by atoms with E-state index in [4.69, 9.17) is 4.74 Å². The van der Waals surface area contributed by atoms with E-state index in [2.05, 4.69) is 15.4 Å². The minimum absolute atomic E-state index is 0.0146. The predicted molar refractivity (Wildman–Crippen MR) is 84.5 cm³/mol. The van der Waals surface area contributed by atoms with E-state index in [1.807, 2.05) is 24.3 Å². The van der Waals surface area contributed by atoms with Crippen molar-refractivity contribution in [3.8, 4) is 11.5 Å². The number of alkyl halides is 2. The van der Waals surface area contributed by atoms with Crippen LogP contribution in [0, 0.1) is 0 Å². The van der Waals surface area contributed by atoms with E-state index in [1.165, 1.54) is 18.2 Å². The van der Waals surface area contributed by atoms with Crippen LogP contribution in [0.2, 0.25) is 0 Å². The van der Waals surface area contributed by atoms with Gasteiger partial charge in [-0.05, 0) is 18.2 Å². The number of carbonyl (C=O) groups is 1. The summed E-state index contributed by atoms with van der Waals surface area (Å²) in [5.41, 5.74) is 1.28. The Morgan fingerprint density at radius 1 is 1.21 bits per heavy atom. The van der Waals surface area contributed by atoms with Crippen LogP contribution < -0.4 is 20.1 Å². The largest absolute Gasteiger partial charge is 0.493 e. The average Bonchev–Trinajstić information content (AvgIpc) is 2.55. The van der Waals surface area contributed by atoms with Gasteiger partial charge in [0.2, 0.25) is 0 Å². The molecule has 2 amide bonds. The summed E-state index contributed by atoms with van der Waals surface area (Å²) in [6.45, 7) is -2.40. The molecule has 0 unspecified atom stereocenters. The minimum Gasteiger partial charge on any atom is -0.493 e. The zero-order valence-electron chi connectivity index (χ0n) is 12.7. The monoisotopic (exact) mass is 334 g/mol. The molecular formula is C17H16F2N2O3. The quantitative estimate of drug-likeness (QED) is 0.890. The Balaban J connectivity index is 1.64. The van der Waals surface area contributed by atoms with E-state index < -0.39 is 12.6 Å². The number of nitrogens with one attached hydrogen (secondary N) is 2. The lowest BCUT2D eigenvalue weighted by molar-refractivity contribution is -0.0497. The lowest BCUT2D eigenvalue weighted by Crippen LogP contribution is -2.35. The van der Waals surface area contributed by atoms with Crippen molar-refractivity contribution in [3.63, 3.8) is 0 Å². The number of carbonyl (C=O) groups excluding carboxylic acids is 1. The molecule has 0 aliphatic carbocycles. The van der Waals surface area contributed by atoms with Crippen molar-refractivity contribution in [2.24, 2.45) is 0 Å². The first-order valence-corrected chi connectivity index (χ1v) is 7.46. The van der Waals surface area contributed by atoms with Crippen LogP contribution in [0.15, 0.2) is 48.5 Å². The van der Waals surface area contributed by atoms with Crippen LogP contribution in [0.25, 0.3) is 0 Å². The number of rotatable bonds is 4. The SMILES string of the molecule is O=C(Nc1cccc(OC(F)F)c1)N[C@@H]1CCOc2ccccc21. The van der Waals surface area contributed by atoms with Gasteiger partial charge in [-0.1, -0.05) is 24.3 Å². The zero-order valence-corrected chi connectivity index (χ0v) is 12.7. The molecule has 0 radical (unpaired) electrons. The van der Waals surface area contributed by atoms with Gasteiger partial charge in [-0.3, -0.25) is 0 Å². The molecule has 1 atom stereocenters. The first kappa shape index (κ1) is 16.0. The molecule has 0 bridgehead atoms. The second-order valence-corrected chi connectivity index (χ2v) is 5.23. The van der Waals surface area contributed by atoms with E-state index >= 15 is 0 Å². The van der Waals surface area contributed by atoms with Gasteiger partial charge in [0.25, 0.3) is 0 Å². The molecule has 0 fully saturated rings. The molecule has 3 rings (SSSR count). The fraction of sp³-hybridized carbons (Fsp3) is 0.235. The summed E-state index contributed by atoms with van der Waals surface area (Å²) in [5.74, 6) is 0.737. The average molecular weight is 334 g/mol. The summed E-state index contributed by atoms with van der Waals surface area (Å²) in [5, 5.41) is 5.48. The third-order valence-corrected chi connectivity index (χ3v) is 3.58. The Labute approximate surface area is 137 Å². The number of amides is 2. The molecule has 5 nitrogen and oxygen atoms in total. The summed E-state index contributed by atoms with van der Waals surface area (Å²) < 4.78 is 34.3. The Morgan fingerprint density at radius 2 is 2.04 bits per heavy atom. The first-order valence-electron chi connectivity index (χ1n) is 7.46. The van der Waals surface area contributed by atoms with Crippen LogP contribution in [0.4, 0.5) is 19.3 Å². The van der Waals surface area contributed by atoms with Crippen molar-refractivity contribution >= 4 is 11.7 Å². The van der Waals surface area contributed by atoms with Gasteiger partial charge in [-0.2, -0.15) is 8.78 Å². The van der Waals surface area contributed by atoms with E-state index in [0.29, 0.717) is 18.7 Å². The molecule has 0 saturated carbocycles. The minimum atomic E-state index is -2.91. The van der Waals surface area contributed by atoms with Crippen LogP contribution in [0.1, 0.15) is 18.0 Å². The Morgan fingerprint density at radius 3 is 2.88 bits per heavy atom. The van der Waals surface area contributed by atoms with E-state index in [9.17, 15) is 13.6 Å². The molecule has 0 saturated heterocycles. The number of ether oxygens (including phenoxy) is 2. The molecule has 0 aromatic heterocycles. The first-order chi connectivity index (χ1) is 11.6. The predicted octanol–water partition coefficient (Wildman–Crippen LogP) is 3.93. The van der Waals surface area contributed by atoms with Crippen LogP contribution in [0.3, 0.4) is 0 Å². The highest BCUT2D eigenvalue weighted by atomic mass is 19.3. The number of urea groups is 1. The van der Waals surface area contributed by atoms with Crippen molar-refractivity contribution in [2.45, 2.75) is 19.1 Å². The Hall–Kier alpha value is -2.83. The molecule has 126 valence electrons. The number of fused-ring (bicyclic) bond motifs is 1. The standard InChI is InChI=1S/C17H16F2N2O3/c18-16(19)24-12-5-3-4-11(10-12)20-17(22)21-14-8-9-23-15-7-2-1-6-13(14)15/h1-7,10,14,16H,8-9H2,(H2,20,21,22)/t14-/m1/s1. The number of hydrogen-bond acceptors (Lipinski definition) is 3. The summed E-state index contributed by atoms with van der Waals surface area (Å²) >= 11 is 0. The zero-order chi connectivity index (χ0) is 16.9. The molecule has 7 heteroatoms. The highest BCUT2D eigenvalue weighted by Gasteiger charge is 2.22. The summed E-state index contributed by atoms with van der Waals surface area (Å²) in [6, 6.07) is 12.8. The Bertz CT molecular complexity index is 724. The second kappa shape index (κ2) is 7.16. The van der Waals surface area contributed by atoms with Crippen molar-refractivity contribution in [3.05, 3.63) is 54.1 Å². The van der Waals surface area contributed by atoms with Crippen LogP contribution in [-0.2, 0) is 0 Å². The van der Waals surface area contributed by atoms with Gasteiger partial charge in [0, 0.05) is 23.7 Å². The van der Waals surface area contributed by atoms with E-state index in [1.54, 1.807) is 6.07 Å². The van der Waals surface area contributed by atoms with Gasteiger partial charge in [-0.25, -0.2) is 4.79 Å². The van der Waals surface area contributed by atoms with E-state index in [0.717, 1.165) is 11.3 Å². The number of hydrogen-bond donors (Lipinski definition) is 2. The molecule has 1 heterocycles. The molecule has 1 aliphatic rings. The lowest BCUT2D eigenvalue weighted by atomic mass is 10.0. The van der Waals surface area contributed by atoms with Gasteiger partial charge in [0.1, 0.15) is 11.5 Å². The number of halogens is 2. The van der Waals surface area contributed by atoms with Crippen molar-refractivity contribution in [2.75, 3.05) is 11.9 Å². The van der Waals surface area contributed by atoms with Crippen molar-refractivity contribution < 1.29 is 23.0 Å². The smallest absolute Gasteiger partial charge is 0.387 e. The molecule has 0 spiro atoms. The number of anilines is 1. The van der Waals surface area contributed by atoms with Crippen LogP contribution in [0.5, 0.6) is 11.5 Å². The summed E-state index contributed by atoms with van der Waals surface area (Å²) in [6.07, 6.45) is 0.652. The maximum Gasteiger partial charge on any atom is 0.387 e. The lowest BCUT2D eigenvalue weighted by Gasteiger charge is -2.26. The molecule has 1 aliphatic heterocycles. The molecule has 2 aromatic rings. The number of para-hydroxylation sites is 1. The highest BCUT2D eigenvalue weighted by molar-refractivity contribution is 5.89. The van der Waals surface area contributed by atoms with Crippen LogP contribution in [-0.4, -0.2) is 19.2 Å². The second-order valence-electron chi connectivity index (χ2n) is 5.23. The van der Waals surface area contributed by atoms with Gasteiger partial charge >= 0.3 is 12.6 Å². The Kier molecular flexibility index (Phi) is 4.79. The summed E-state index contributed by atoms with van der Waals surface area (Å²) in [4.78, 5) is 12.2. The van der Waals surface area contributed by atoms with Gasteiger partial charge in [-0.15, -0.1) is 0 Å². The van der Waals surface area contributed by atoms with Gasteiger partial charge in [0.05, 0.1) is 12.6 Å². The van der Waals surface area contributed by atoms with E-state index in [-0.39, 0.29) is 11.8 Å². The van der Waals surface area contributed by atoms with Gasteiger partial charge in [0.15, 0.2) is 0 Å². The molecular weight excluding hydrogens is 318 g/mol. The maximum absolute atomic E-state index is 12.2. The maximum atomic E-state index is 12.2. The van der Waals surface area contributed by atoms with Crippen molar-refractivity contribution in [1.29, 1.82) is 0 Å². The highest BCUT2D eigenvalue weighted by Crippen LogP contribution is 2.31. The fourth-order valence-electron chi connectivity index (χ4n) is 2.57. The van der Waals surface area contributed by atoms with Crippen molar-refractivity contribution in [1.82, 2.24) is 5.32 Å². The topological polar surface area (TPSA) is 59.6 Å². The fourth-order valence-corrected chi connectivity index (χ4v) is 2.57. The molecule has 2 N–H and O–H groups in total. The third kappa shape index (κ3) is 3.92. The normalized spacial score (nSPS) is 16.0. The number of benzene rings is 2. The molecule has 24 heavy (non-hydrogen) atoms. The third-order valence-electron chi connectivity index (χ3n) is 3.58.